The van der Waals surface area contributed by atoms with Crippen LogP contribution in [0, 0.1) is 6.61 Å². The van der Waals surface area contributed by atoms with Gasteiger partial charge >= 0.3 is 0 Å². The van der Waals surface area contributed by atoms with E-state index in [0.29, 0.717) is 0 Å². The smallest absolute Gasteiger partial charge is 0.186 e. The molecule has 1 saturated heterocycles. The molecule has 0 saturated carbocycles. The van der Waals surface area contributed by atoms with E-state index in [1.165, 1.54) is 7.11 Å². The van der Waals surface area contributed by atoms with Crippen LogP contribution in [-0.4, -0.2) is 47.0 Å². The zero-order chi connectivity index (χ0) is 8.43. The van der Waals surface area contributed by atoms with E-state index in [9.17, 15) is 0 Å². The van der Waals surface area contributed by atoms with Gasteiger partial charge in [0.15, 0.2) is 6.29 Å². The van der Waals surface area contributed by atoms with Gasteiger partial charge in [0.2, 0.25) is 0 Å². The molecule has 11 heavy (non-hydrogen) atoms. The minimum atomic E-state index is -1.24. The van der Waals surface area contributed by atoms with E-state index >= 15 is 0 Å². The normalized spacial score (nSPS) is 45.8. The number of ether oxygens (including phenoxy) is 2. The van der Waals surface area contributed by atoms with Crippen LogP contribution in [0.2, 0.25) is 0 Å². The first kappa shape index (κ1) is 8.89. The van der Waals surface area contributed by atoms with E-state index in [1.807, 2.05) is 0 Å². The van der Waals surface area contributed by atoms with Gasteiger partial charge in [-0.3, -0.25) is 0 Å². The summed E-state index contributed by atoms with van der Waals surface area (Å²) in [5.74, 6) is 0. The first-order valence-electron chi connectivity index (χ1n) is 3.22. The molecule has 4 atom stereocenters. The molecule has 1 rings (SSSR count). The zero-order valence-corrected chi connectivity index (χ0v) is 6.04. The molecule has 1 fully saturated rings. The molecule has 0 aromatic carbocycles. The number of hydrogen-bond acceptors (Lipinski definition) is 5. The second kappa shape index (κ2) is 3.46. The third-order valence-corrected chi connectivity index (χ3v) is 1.56. The number of methoxy groups -OCH3 is 1. The Labute approximate surface area is 64.2 Å². The molecule has 1 radical (unpaired) electrons. The SMILES string of the molecule is COC1O[CH]C(O)C(O)C1O. The molecule has 0 aliphatic carbocycles. The van der Waals surface area contributed by atoms with Crippen molar-refractivity contribution in [1.82, 2.24) is 0 Å². The van der Waals surface area contributed by atoms with Gasteiger partial charge in [0.1, 0.15) is 24.9 Å². The maximum absolute atomic E-state index is 9.13. The van der Waals surface area contributed by atoms with Crippen LogP contribution >= 0.6 is 0 Å². The summed E-state index contributed by atoms with van der Waals surface area (Å²) in [5, 5.41) is 27.1. The summed E-state index contributed by atoms with van der Waals surface area (Å²) in [6, 6.07) is 0. The van der Waals surface area contributed by atoms with E-state index in [-0.39, 0.29) is 0 Å². The average Bonchev–Trinajstić information content (AvgIpc) is 2.01. The summed E-state index contributed by atoms with van der Waals surface area (Å²) in [4.78, 5) is 0. The first-order valence-corrected chi connectivity index (χ1v) is 3.22. The first-order chi connectivity index (χ1) is 5.16. The number of aliphatic hydroxyl groups is 3. The van der Waals surface area contributed by atoms with Crippen LogP contribution in [0.15, 0.2) is 0 Å². The summed E-state index contributed by atoms with van der Waals surface area (Å²) < 4.78 is 9.36. The Balaban J connectivity index is 2.52. The van der Waals surface area contributed by atoms with Gasteiger partial charge in [-0.2, -0.15) is 0 Å². The van der Waals surface area contributed by atoms with Crippen LogP contribution in [0.1, 0.15) is 0 Å². The summed E-state index contributed by atoms with van der Waals surface area (Å²) in [6.07, 6.45) is -4.50. The molecule has 5 heteroatoms. The van der Waals surface area contributed by atoms with Crippen molar-refractivity contribution >= 4 is 0 Å². The zero-order valence-electron chi connectivity index (χ0n) is 6.04. The largest absolute Gasteiger partial charge is 0.387 e. The van der Waals surface area contributed by atoms with Gasteiger partial charge in [-0.15, -0.1) is 0 Å². The minimum absolute atomic E-state index is 0.895. The molecule has 1 heterocycles. The quantitative estimate of drug-likeness (QED) is 0.426. The van der Waals surface area contributed by atoms with Crippen molar-refractivity contribution in [2.24, 2.45) is 0 Å². The topological polar surface area (TPSA) is 79.2 Å². The third kappa shape index (κ3) is 1.69. The van der Waals surface area contributed by atoms with Crippen molar-refractivity contribution < 1.29 is 24.8 Å². The molecule has 3 N–H and O–H groups in total. The van der Waals surface area contributed by atoms with Crippen LogP contribution in [0.4, 0.5) is 0 Å². The molecular formula is C6H11O5. The lowest BCUT2D eigenvalue weighted by molar-refractivity contribution is -0.239. The molecule has 0 bridgehead atoms. The van der Waals surface area contributed by atoms with Gasteiger partial charge < -0.3 is 24.8 Å². The van der Waals surface area contributed by atoms with Gasteiger partial charge in [-0.1, -0.05) is 0 Å². The van der Waals surface area contributed by atoms with Crippen molar-refractivity contribution in [2.45, 2.75) is 24.6 Å². The highest BCUT2D eigenvalue weighted by Gasteiger charge is 2.37. The Morgan fingerprint density at radius 2 is 1.91 bits per heavy atom. The van der Waals surface area contributed by atoms with E-state index in [2.05, 4.69) is 4.74 Å². The van der Waals surface area contributed by atoms with Crippen molar-refractivity contribution in [3.63, 3.8) is 0 Å². The molecule has 1 aliphatic rings. The van der Waals surface area contributed by atoms with Crippen molar-refractivity contribution in [1.29, 1.82) is 0 Å². The number of hydrogen-bond donors (Lipinski definition) is 3. The second-order valence-electron chi connectivity index (χ2n) is 2.35. The van der Waals surface area contributed by atoms with Crippen LogP contribution in [0.25, 0.3) is 0 Å². The second-order valence-corrected chi connectivity index (χ2v) is 2.35. The van der Waals surface area contributed by atoms with Gasteiger partial charge in [0.05, 0.1) is 0 Å². The highest BCUT2D eigenvalue weighted by Crippen LogP contribution is 2.18. The lowest BCUT2D eigenvalue weighted by atomic mass is 10.1. The average molecular weight is 163 g/mol. The molecule has 0 aromatic rings. The van der Waals surface area contributed by atoms with E-state index in [4.69, 9.17) is 20.1 Å². The summed E-state index contributed by atoms with van der Waals surface area (Å²) in [5.41, 5.74) is 0. The highest BCUT2D eigenvalue weighted by molar-refractivity contribution is 4.88. The lowest BCUT2D eigenvalue weighted by Gasteiger charge is -2.33. The van der Waals surface area contributed by atoms with E-state index in [1.54, 1.807) is 0 Å². The minimum Gasteiger partial charge on any atom is -0.387 e. The van der Waals surface area contributed by atoms with Crippen LogP contribution < -0.4 is 0 Å². The van der Waals surface area contributed by atoms with E-state index in [0.717, 1.165) is 6.61 Å². The molecule has 65 valence electrons. The van der Waals surface area contributed by atoms with Gasteiger partial charge in [-0.25, -0.2) is 0 Å². The Morgan fingerprint density at radius 3 is 2.45 bits per heavy atom. The maximum Gasteiger partial charge on any atom is 0.186 e. The Kier molecular flexibility index (Phi) is 2.80. The highest BCUT2D eigenvalue weighted by atomic mass is 16.7. The molecule has 4 unspecified atom stereocenters. The Bertz CT molecular complexity index is 126. The maximum atomic E-state index is 9.13. The molecule has 0 spiro atoms. The summed E-state index contributed by atoms with van der Waals surface area (Å²) in [6.45, 7) is 1.03. The van der Waals surface area contributed by atoms with Crippen molar-refractivity contribution in [2.75, 3.05) is 7.11 Å². The third-order valence-electron chi connectivity index (χ3n) is 1.56. The van der Waals surface area contributed by atoms with Crippen LogP contribution in [0.5, 0.6) is 0 Å². The standard InChI is InChI=1S/C6H11O5/c1-10-6-5(9)4(8)3(7)2-11-6/h2-9H,1H3. The fourth-order valence-corrected chi connectivity index (χ4v) is 0.877. The van der Waals surface area contributed by atoms with Gasteiger partial charge in [0.25, 0.3) is 0 Å². The predicted molar refractivity (Wildman–Crippen MR) is 34.2 cm³/mol. The molecule has 0 aromatic heterocycles. The molecule has 5 nitrogen and oxygen atoms in total. The molecule has 1 aliphatic heterocycles. The van der Waals surface area contributed by atoms with Crippen LogP contribution in [0.3, 0.4) is 0 Å². The van der Waals surface area contributed by atoms with Crippen LogP contribution in [-0.2, 0) is 9.47 Å². The lowest BCUT2D eigenvalue weighted by Crippen LogP contribution is -2.51. The monoisotopic (exact) mass is 163 g/mol. The van der Waals surface area contributed by atoms with E-state index < -0.39 is 24.6 Å². The fraction of sp³-hybridized carbons (Fsp3) is 0.833. The Morgan fingerprint density at radius 1 is 1.27 bits per heavy atom. The number of aliphatic hydroxyl groups excluding tert-OH is 3. The van der Waals surface area contributed by atoms with Gasteiger partial charge in [0, 0.05) is 7.11 Å². The number of rotatable bonds is 1. The van der Waals surface area contributed by atoms with Crippen molar-refractivity contribution in [3.05, 3.63) is 6.61 Å². The molecular weight excluding hydrogens is 152 g/mol. The Hall–Kier alpha value is -0.200. The van der Waals surface area contributed by atoms with Gasteiger partial charge in [-0.05, 0) is 0 Å². The predicted octanol–water partition coefficient (Wildman–Crippen LogP) is -1.77. The molecule has 0 amide bonds. The van der Waals surface area contributed by atoms with Crippen molar-refractivity contribution in [3.8, 4) is 0 Å². The summed E-state index contributed by atoms with van der Waals surface area (Å²) >= 11 is 0. The fourth-order valence-electron chi connectivity index (χ4n) is 0.877. The summed E-state index contributed by atoms with van der Waals surface area (Å²) in [7, 11) is 1.34.